The van der Waals surface area contributed by atoms with Crippen LogP contribution in [0.15, 0.2) is 18.2 Å². The minimum atomic E-state index is 0.401. The van der Waals surface area contributed by atoms with Gasteiger partial charge < -0.3 is 5.73 Å². The summed E-state index contributed by atoms with van der Waals surface area (Å²) in [6.07, 6.45) is 4.98. The Morgan fingerprint density at radius 3 is 2.76 bits per heavy atom. The fourth-order valence-electron chi connectivity index (χ4n) is 2.39. The Hall–Kier alpha value is -1.68. The zero-order chi connectivity index (χ0) is 11.7. The van der Waals surface area contributed by atoms with Crippen LogP contribution >= 0.6 is 0 Å². The largest absolute Gasteiger partial charge is 0.324 e. The molecule has 0 atom stereocenters. The van der Waals surface area contributed by atoms with Gasteiger partial charge in [0.05, 0.1) is 6.54 Å². The highest BCUT2D eigenvalue weighted by atomic mass is 15.2. The standard InChI is InChI=1S/C13H16N4/c14-8-12-15-13(17-16-12)11-6-5-9-3-1-2-4-10(9)7-11/h5-7H,1-4,8,14H2,(H,15,16,17). The Labute approximate surface area is 100 Å². The van der Waals surface area contributed by atoms with Crippen molar-refractivity contribution in [1.82, 2.24) is 15.2 Å². The van der Waals surface area contributed by atoms with Crippen molar-refractivity contribution in [3.63, 3.8) is 0 Å². The molecule has 0 amide bonds. The van der Waals surface area contributed by atoms with Gasteiger partial charge in [-0.3, -0.25) is 5.10 Å². The zero-order valence-electron chi connectivity index (χ0n) is 9.74. The fourth-order valence-corrected chi connectivity index (χ4v) is 2.39. The summed E-state index contributed by atoms with van der Waals surface area (Å²) in [6.45, 7) is 0.401. The Kier molecular flexibility index (Phi) is 2.65. The molecule has 0 fully saturated rings. The van der Waals surface area contributed by atoms with Gasteiger partial charge in [0.15, 0.2) is 5.82 Å². The maximum absolute atomic E-state index is 5.52. The molecule has 0 saturated heterocycles. The number of nitrogens with one attached hydrogen (secondary N) is 1. The Balaban J connectivity index is 1.97. The van der Waals surface area contributed by atoms with E-state index in [4.69, 9.17) is 5.73 Å². The third-order valence-corrected chi connectivity index (χ3v) is 3.33. The van der Waals surface area contributed by atoms with Crippen molar-refractivity contribution in [2.45, 2.75) is 32.2 Å². The second-order valence-corrected chi connectivity index (χ2v) is 4.50. The minimum absolute atomic E-state index is 0.401. The number of hydrogen-bond donors (Lipinski definition) is 2. The summed E-state index contributed by atoms with van der Waals surface area (Å²) in [5.74, 6) is 1.48. The summed E-state index contributed by atoms with van der Waals surface area (Å²) in [5.41, 5.74) is 9.54. The zero-order valence-corrected chi connectivity index (χ0v) is 9.74. The quantitative estimate of drug-likeness (QED) is 0.823. The van der Waals surface area contributed by atoms with Crippen molar-refractivity contribution in [2.75, 3.05) is 0 Å². The van der Waals surface area contributed by atoms with E-state index in [0.717, 1.165) is 17.2 Å². The van der Waals surface area contributed by atoms with E-state index in [9.17, 15) is 0 Å². The van der Waals surface area contributed by atoms with E-state index in [0.29, 0.717) is 6.54 Å². The fraction of sp³-hybridized carbons (Fsp3) is 0.385. The number of fused-ring (bicyclic) bond motifs is 1. The predicted molar refractivity (Wildman–Crippen MR) is 66.4 cm³/mol. The number of nitrogens with zero attached hydrogens (tertiary/aromatic N) is 2. The average Bonchev–Trinajstić information content (AvgIpc) is 2.87. The van der Waals surface area contributed by atoms with Gasteiger partial charge in [-0.15, -0.1) is 0 Å². The van der Waals surface area contributed by atoms with Gasteiger partial charge in [-0.05, 0) is 42.9 Å². The van der Waals surface area contributed by atoms with Gasteiger partial charge in [-0.1, -0.05) is 12.1 Å². The summed E-state index contributed by atoms with van der Waals surface area (Å²) in [7, 11) is 0. The SMILES string of the molecule is NCc1nc(-c2ccc3c(c2)CCCC3)n[nH]1. The average molecular weight is 228 g/mol. The molecule has 1 aliphatic rings. The molecular weight excluding hydrogens is 212 g/mol. The van der Waals surface area contributed by atoms with E-state index in [1.54, 1.807) is 0 Å². The Bertz CT molecular complexity index is 530. The first kappa shape index (κ1) is 10.5. The molecule has 4 heteroatoms. The highest BCUT2D eigenvalue weighted by molar-refractivity contribution is 5.57. The van der Waals surface area contributed by atoms with Crippen LogP contribution < -0.4 is 5.73 Å². The maximum Gasteiger partial charge on any atom is 0.181 e. The predicted octanol–water partition coefficient (Wildman–Crippen LogP) is 1.81. The van der Waals surface area contributed by atoms with Crippen molar-refractivity contribution >= 4 is 0 Å². The molecule has 0 radical (unpaired) electrons. The first-order chi connectivity index (χ1) is 8.36. The number of rotatable bonds is 2. The van der Waals surface area contributed by atoms with E-state index in [1.807, 2.05) is 0 Å². The molecule has 1 aliphatic carbocycles. The lowest BCUT2D eigenvalue weighted by molar-refractivity contribution is 0.686. The molecule has 0 bridgehead atoms. The summed E-state index contributed by atoms with van der Waals surface area (Å²) in [4.78, 5) is 4.36. The topological polar surface area (TPSA) is 67.6 Å². The van der Waals surface area contributed by atoms with Gasteiger partial charge in [0.25, 0.3) is 0 Å². The molecule has 2 aromatic rings. The van der Waals surface area contributed by atoms with E-state index < -0.39 is 0 Å². The molecular formula is C13H16N4. The second kappa shape index (κ2) is 4.30. The molecule has 3 N–H and O–H groups in total. The molecule has 1 aromatic carbocycles. The van der Waals surface area contributed by atoms with Gasteiger partial charge >= 0.3 is 0 Å². The molecule has 4 nitrogen and oxygen atoms in total. The monoisotopic (exact) mass is 228 g/mol. The van der Waals surface area contributed by atoms with Gasteiger partial charge in [0.1, 0.15) is 5.82 Å². The van der Waals surface area contributed by atoms with Crippen LogP contribution in [0, 0.1) is 0 Å². The highest BCUT2D eigenvalue weighted by Crippen LogP contribution is 2.25. The lowest BCUT2D eigenvalue weighted by atomic mass is 9.90. The summed E-state index contributed by atoms with van der Waals surface area (Å²) < 4.78 is 0. The molecule has 0 spiro atoms. The van der Waals surface area contributed by atoms with Gasteiger partial charge in [-0.25, -0.2) is 4.98 Å². The normalized spacial score (nSPS) is 14.6. The number of aromatic amines is 1. The molecule has 0 aliphatic heterocycles. The number of hydrogen-bond acceptors (Lipinski definition) is 3. The second-order valence-electron chi connectivity index (χ2n) is 4.50. The molecule has 0 unspecified atom stereocenters. The van der Waals surface area contributed by atoms with Gasteiger partial charge in [-0.2, -0.15) is 5.10 Å². The molecule has 0 saturated carbocycles. The van der Waals surface area contributed by atoms with Crippen LogP contribution in [0.4, 0.5) is 0 Å². The van der Waals surface area contributed by atoms with E-state index >= 15 is 0 Å². The van der Waals surface area contributed by atoms with Crippen LogP contribution in [0.5, 0.6) is 0 Å². The number of aromatic nitrogens is 3. The van der Waals surface area contributed by atoms with E-state index in [2.05, 4.69) is 33.4 Å². The lowest BCUT2D eigenvalue weighted by Crippen LogP contribution is -2.02. The van der Waals surface area contributed by atoms with Crippen molar-refractivity contribution < 1.29 is 0 Å². The van der Waals surface area contributed by atoms with Crippen LogP contribution in [0.25, 0.3) is 11.4 Å². The third kappa shape index (κ3) is 1.96. The molecule has 1 aromatic heterocycles. The number of nitrogens with two attached hydrogens (primary N) is 1. The molecule has 1 heterocycles. The van der Waals surface area contributed by atoms with Crippen LogP contribution in [-0.4, -0.2) is 15.2 Å². The van der Waals surface area contributed by atoms with E-state index in [-0.39, 0.29) is 0 Å². The van der Waals surface area contributed by atoms with Crippen LogP contribution in [-0.2, 0) is 19.4 Å². The van der Waals surface area contributed by atoms with Crippen molar-refractivity contribution in [2.24, 2.45) is 5.73 Å². The highest BCUT2D eigenvalue weighted by Gasteiger charge is 2.12. The number of H-pyrrole nitrogens is 1. The summed E-state index contributed by atoms with van der Waals surface area (Å²) in [5, 5.41) is 7.04. The Morgan fingerprint density at radius 1 is 1.18 bits per heavy atom. The summed E-state index contributed by atoms with van der Waals surface area (Å²) in [6, 6.07) is 6.54. The molecule has 88 valence electrons. The van der Waals surface area contributed by atoms with Crippen molar-refractivity contribution in [3.05, 3.63) is 35.2 Å². The number of benzene rings is 1. The van der Waals surface area contributed by atoms with E-state index in [1.165, 1.54) is 36.8 Å². The van der Waals surface area contributed by atoms with Crippen LogP contribution in [0.1, 0.15) is 29.8 Å². The third-order valence-electron chi connectivity index (χ3n) is 3.33. The first-order valence-electron chi connectivity index (χ1n) is 6.10. The maximum atomic E-state index is 5.52. The van der Waals surface area contributed by atoms with Crippen molar-refractivity contribution in [3.8, 4) is 11.4 Å². The van der Waals surface area contributed by atoms with Crippen LogP contribution in [0.2, 0.25) is 0 Å². The Morgan fingerprint density at radius 2 is 2.00 bits per heavy atom. The first-order valence-corrected chi connectivity index (χ1v) is 6.10. The molecule has 3 rings (SSSR count). The smallest absolute Gasteiger partial charge is 0.181 e. The van der Waals surface area contributed by atoms with Crippen LogP contribution in [0.3, 0.4) is 0 Å². The van der Waals surface area contributed by atoms with Crippen molar-refractivity contribution in [1.29, 1.82) is 0 Å². The summed E-state index contributed by atoms with van der Waals surface area (Å²) >= 11 is 0. The molecule has 17 heavy (non-hydrogen) atoms. The lowest BCUT2D eigenvalue weighted by Gasteiger charge is -2.15. The van der Waals surface area contributed by atoms with Gasteiger partial charge in [0, 0.05) is 5.56 Å². The van der Waals surface area contributed by atoms with Gasteiger partial charge in [0.2, 0.25) is 0 Å². The minimum Gasteiger partial charge on any atom is -0.324 e. The number of aryl methyl sites for hydroxylation is 2.